The van der Waals surface area contributed by atoms with Crippen molar-refractivity contribution in [1.29, 1.82) is 0 Å². The van der Waals surface area contributed by atoms with Gasteiger partial charge in [0.15, 0.2) is 0 Å². The maximum absolute atomic E-state index is 12.8. The van der Waals surface area contributed by atoms with E-state index in [1.54, 1.807) is 11.3 Å². The Bertz CT molecular complexity index is 834. The monoisotopic (exact) mass is 356 g/mol. The molecule has 0 bridgehead atoms. The highest BCUT2D eigenvalue weighted by Gasteiger charge is 2.29. The number of carbonyl (C=O) groups is 1. The number of rotatable bonds is 4. The third kappa shape index (κ3) is 2.87. The van der Waals surface area contributed by atoms with Gasteiger partial charge in [-0.15, -0.1) is 22.7 Å². The second-order valence-electron chi connectivity index (χ2n) is 6.14. The van der Waals surface area contributed by atoms with E-state index in [9.17, 15) is 4.79 Å². The van der Waals surface area contributed by atoms with Gasteiger partial charge in [0, 0.05) is 24.3 Å². The van der Waals surface area contributed by atoms with Crippen LogP contribution >= 0.6 is 22.7 Å². The Morgan fingerprint density at radius 1 is 1.33 bits per heavy atom. The minimum Gasteiger partial charge on any atom is -0.335 e. The predicted octanol–water partition coefficient (Wildman–Crippen LogP) is 4.83. The van der Waals surface area contributed by atoms with Crippen LogP contribution in [0.3, 0.4) is 0 Å². The predicted molar refractivity (Wildman–Crippen MR) is 101 cm³/mol. The Morgan fingerprint density at radius 2 is 2.21 bits per heavy atom. The molecule has 2 aromatic heterocycles. The van der Waals surface area contributed by atoms with Gasteiger partial charge in [0.2, 0.25) is 5.91 Å². The molecule has 0 fully saturated rings. The van der Waals surface area contributed by atoms with Crippen LogP contribution in [0.1, 0.15) is 41.3 Å². The summed E-state index contributed by atoms with van der Waals surface area (Å²) in [7, 11) is 0. The number of hydrogen-bond donors (Lipinski definition) is 0. The minimum atomic E-state index is 0.253. The first kappa shape index (κ1) is 15.8. The molecule has 5 heteroatoms. The molecule has 124 valence electrons. The SMILES string of the molecule is CC[C@H]1c2ccsc2CCN1C(=O)CCc1nc2ccccc2s1. The lowest BCUT2D eigenvalue weighted by molar-refractivity contribution is -0.134. The molecule has 1 aliphatic rings. The van der Waals surface area contributed by atoms with Crippen LogP contribution in [0.25, 0.3) is 10.2 Å². The number of carbonyl (C=O) groups excluding carboxylic acids is 1. The van der Waals surface area contributed by atoms with E-state index >= 15 is 0 Å². The number of amides is 1. The fourth-order valence-electron chi connectivity index (χ4n) is 3.52. The van der Waals surface area contributed by atoms with Gasteiger partial charge in [0.25, 0.3) is 0 Å². The number of aromatic nitrogens is 1. The van der Waals surface area contributed by atoms with Crippen LogP contribution in [0.5, 0.6) is 0 Å². The first-order valence-electron chi connectivity index (χ1n) is 8.46. The number of thiazole rings is 1. The van der Waals surface area contributed by atoms with Crippen LogP contribution in [0.4, 0.5) is 0 Å². The lowest BCUT2D eigenvalue weighted by Crippen LogP contribution is -2.39. The van der Waals surface area contributed by atoms with Crippen LogP contribution in [-0.2, 0) is 17.6 Å². The molecule has 4 rings (SSSR count). The summed E-state index contributed by atoms with van der Waals surface area (Å²) < 4.78 is 1.20. The van der Waals surface area contributed by atoms with Crippen molar-refractivity contribution in [3.05, 3.63) is 51.2 Å². The van der Waals surface area contributed by atoms with E-state index in [1.165, 1.54) is 15.1 Å². The summed E-state index contributed by atoms with van der Waals surface area (Å²) in [6, 6.07) is 10.6. The summed E-state index contributed by atoms with van der Waals surface area (Å²) in [6.45, 7) is 3.02. The second-order valence-corrected chi connectivity index (χ2v) is 8.25. The number of fused-ring (bicyclic) bond motifs is 2. The number of hydrogen-bond acceptors (Lipinski definition) is 4. The molecule has 1 aliphatic heterocycles. The van der Waals surface area contributed by atoms with Gasteiger partial charge in [-0.1, -0.05) is 19.1 Å². The maximum Gasteiger partial charge on any atom is 0.223 e. The molecule has 1 atom stereocenters. The third-order valence-electron chi connectivity index (χ3n) is 4.69. The molecule has 0 aliphatic carbocycles. The fraction of sp³-hybridized carbons (Fsp3) is 0.368. The van der Waals surface area contributed by atoms with E-state index in [0.29, 0.717) is 6.42 Å². The molecular formula is C19H20N2OS2. The number of aryl methyl sites for hydroxylation is 1. The van der Waals surface area contributed by atoms with Gasteiger partial charge in [0.05, 0.1) is 21.3 Å². The summed E-state index contributed by atoms with van der Waals surface area (Å²) in [5.41, 5.74) is 2.40. The quantitative estimate of drug-likeness (QED) is 0.671. The molecule has 1 aromatic carbocycles. The van der Waals surface area contributed by atoms with Crippen molar-refractivity contribution in [3.8, 4) is 0 Å². The van der Waals surface area contributed by atoms with E-state index in [1.807, 2.05) is 29.5 Å². The fourth-order valence-corrected chi connectivity index (χ4v) is 5.41. The van der Waals surface area contributed by atoms with Crippen LogP contribution in [0.2, 0.25) is 0 Å². The Kier molecular flexibility index (Phi) is 4.37. The van der Waals surface area contributed by atoms with Crippen LogP contribution in [-0.4, -0.2) is 22.3 Å². The zero-order valence-corrected chi connectivity index (χ0v) is 15.3. The van der Waals surface area contributed by atoms with Crippen LogP contribution in [0, 0.1) is 0 Å². The number of benzene rings is 1. The zero-order chi connectivity index (χ0) is 16.5. The molecule has 0 saturated heterocycles. The standard InChI is InChI=1S/C19H20N2OS2/c1-2-15-13-10-12-23-16(13)9-11-21(15)19(22)8-7-18-20-14-5-3-4-6-17(14)24-18/h3-6,10,12,15H,2,7-9,11H2,1H3/t15-/m0/s1. The van der Waals surface area contributed by atoms with Gasteiger partial charge < -0.3 is 4.90 Å². The average Bonchev–Trinajstić information content (AvgIpc) is 3.24. The topological polar surface area (TPSA) is 33.2 Å². The molecular weight excluding hydrogens is 336 g/mol. The number of thiophene rings is 1. The van der Waals surface area contributed by atoms with Crippen molar-refractivity contribution in [2.45, 2.75) is 38.6 Å². The Hall–Kier alpha value is -1.72. The van der Waals surface area contributed by atoms with E-state index in [-0.39, 0.29) is 11.9 Å². The van der Waals surface area contributed by atoms with Crippen LogP contribution in [0.15, 0.2) is 35.7 Å². The van der Waals surface area contributed by atoms with Gasteiger partial charge in [0.1, 0.15) is 0 Å². The lowest BCUT2D eigenvalue weighted by Gasteiger charge is -2.35. The second kappa shape index (κ2) is 6.65. The number of para-hydroxylation sites is 1. The Balaban J connectivity index is 1.46. The van der Waals surface area contributed by atoms with Gasteiger partial charge >= 0.3 is 0 Å². The molecule has 0 unspecified atom stereocenters. The molecule has 1 amide bonds. The Labute approximate surface area is 150 Å². The van der Waals surface area contributed by atoms with Crippen molar-refractivity contribution < 1.29 is 4.79 Å². The molecule has 3 nitrogen and oxygen atoms in total. The van der Waals surface area contributed by atoms with Gasteiger partial charge in [-0.2, -0.15) is 0 Å². The maximum atomic E-state index is 12.8. The van der Waals surface area contributed by atoms with E-state index in [0.717, 1.165) is 36.3 Å². The zero-order valence-electron chi connectivity index (χ0n) is 13.7. The van der Waals surface area contributed by atoms with Crippen molar-refractivity contribution >= 4 is 38.8 Å². The summed E-state index contributed by atoms with van der Waals surface area (Å²) >= 11 is 3.53. The molecule has 0 radical (unpaired) electrons. The molecule has 3 heterocycles. The highest BCUT2D eigenvalue weighted by molar-refractivity contribution is 7.18. The third-order valence-corrected chi connectivity index (χ3v) is 6.79. The summed E-state index contributed by atoms with van der Waals surface area (Å²) in [6.07, 6.45) is 3.27. The van der Waals surface area contributed by atoms with Gasteiger partial charge in [-0.05, 0) is 42.0 Å². The lowest BCUT2D eigenvalue weighted by atomic mass is 9.97. The molecule has 3 aromatic rings. The largest absolute Gasteiger partial charge is 0.335 e. The van der Waals surface area contributed by atoms with Crippen molar-refractivity contribution in [1.82, 2.24) is 9.88 Å². The normalized spacial score (nSPS) is 17.2. The minimum absolute atomic E-state index is 0.253. The van der Waals surface area contributed by atoms with Gasteiger partial charge in [-0.3, -0.25) is 4.79 Å². The molecule has 0 saturated carbocycles. The Morgan fingerprint density at radius 3 is 3.04 bits per heavy atom. The first-order chi connectivity index (χ1) is 11.8. The highest BCUT2D eigenvalue weighted by Crippen LogP contribution is 2.35. The van der Waals surface area contributed by atoms with Gasteiger partial charge in [-0.25, -0.2) is 4.98 Å². The van der Waals surface area contributed by atoms with Crippen molar-refractivity contribution in [3.63, 3.8) is 0 Å². The average molecular weight is 357 g/mol. The summed E-state index contributed by atoms with van der Waals surface area (Å²) in [5.74, 6) is 0.262. The summed E-state index contributed by atoms with van der Waals surface area (Å²) in [4.78, 5) is 21.0. The summed E-state index contributed by atoms with van der Waals surface area (Å²) in [5, 5.41) is 3.22. The first-order valence-corrected chi connectivity index (χ1v) is 10.2. The molecule has 0 spiro atoms. The van der Waals surface area contributed by atoms with Crippen LogP contribution < -0.4 is 0 Å². The van der Waals surface area contributed by atoms with E-state index in [4.69, 9.17) is 0 Å². The number of nitrogens with zero attached hydrogens (tertiary/aromatic N) is 2. The smallest absolute Gasteiger partial charge is 0.223 e. The van der Waals surface area contributed by atoms with Crippen molar-refractivity contribution in [2.75, 3.05) is 6.54 Å². The van der Waals surface area contributed by atoms with Crippen molar-refractivity contribution in [2.24, 2.45) is 0 Å². The highest BCUT2D eigenvalue weighted by atomic mass is 32.1. The van der Waals surface area contributed by atoms with E-state index < -0.39 is 0 Å². The van der Waals surface area contributed by atoms with E-state index in [2.05, 4.69) is 34.3 Å². The molecule has 0 N–H and O–H groups in total. The molecule has 24 heavy (non-hydrogen) atoms.